The molecule has 0 bridgehead atoms. The Kier molecular flexibility index (Phi) is 5.72. The Balaban J connectivity index is 0.00000117. The molecule has 0 aliphatic carbocycles. The highest BCUT2D eigenvalue weighted by Crippen LogP contribution is 2.28. The molecule has 170 valence electrons. The first-order valence-electron chi connectivity index (χ1n) is 10.8. The molecule has 1 amide bonds. The standard InChI is InChI=1S/C23H15N5O2S2.C2H6/c1-11-2-5-19-15(6-11)27-23(32-19)28-21(29)12-3-4-14-13(7-12)8-16(24-14)20-22(30)26-18-10-31-9-17(18)25-20;1-2/h2-10,24H,1H3,(H,26,30)(H,27,28,29);1-2H3. The molecule has 6 rings (SSSR count). The lowest BCUT2D eigenvalue weighted by molar-refractivity contribution is 0.102. The van der Waals surface area contributed by atoms with Crippen LogP contribution in [0.3, 0.4) is 0 Å². The molecule has 4 aromatic heterocycles. The first-order valence-corrected chi connectivity index (χ1v) is 12.6. The smallest absolute Gasteiger partial charge is 0.276 e. The van der Waals surface area contributed by atoms with Gasteiger partial charge < -0.3 is 9.97 Å². The normalized spacial score (nSPS) is 11.0. The van der Waals surface area contributed by atoms with Crippen molar-refractivity contribution in [2.24, 2.45) is 0 Å². The molecule has 0 aliphatic heterocycles. The van der Waals surface area contributed by atoms with Gasteiger partial charge in [0, 0.05) is 27.2 Å². The van der Waals surface area contributed by atoms with Crippen molar-refractivity contribution in [1.82, 2.24) is 19.9 Å². The van der Waals surface area contributed by atoms with E-state index in [2.05, 4.69) is 25.3 Å². The van der Waals surface area contributed by atoms with E-state index in [4.69, 9.17) is 0 Å². The Labute approximate surface area is 202 Å². The van der Waals surface area contributed by atoms with E-state index >= 15 is 0 Å². The highest BCUT2D eigenvalue weighted by atomic mass is 32.1. The van der Waals surface area contributed by atoms with Gasteiger partial charge in [0.1, 0.15) is 0 Å². The first kappa shape index (κ1) is 22.0. The summed E-state index contributed by atoms with van der Waals surface area (Å²) in [6.45, 7) is 6.01. The maximum atomic E-state index is 12.8. The van der Waals surface area contributed by atoms with Gasteiger partial charge in [-0.05, 0) is 48.9 Å². The van der Waals surface area contributed by atoms with Crippen LogP contribution in [0.15, 0.2) is 58.0 Å². The molecule has 0 radical (unpaired) electrons. The van der Waals surface area contributed by atoms with E-state index in [1.807, 2.05) is 61.9 Å². The summed E-state index contributed by atoms with van der Waals surface area (Å²) in [6, 6.07) is 13.2. The predicted octanol–water partition coefficient (Wildman–Crippen LogP) is 6.33. The van der Waals surface area contributed by atoms with Crippen molar-refractivity contribution in [3.63, 3.8) is 0 Å². The van der Waals surface area contributed by atoms with Crippen LogP contribution in [0, 0.1) is 6.92 Å². The van der Waals surface area contributed by atoms with E-state index in [9.17, 15) is 9.59 Å². The van der Waals surface area contributed by atoms with Gasteiger partial charge in [-0.2, -0.15) is 0 Å². The lowest BCUT2D eigenvalue weighted by atomic mass is 10.1. The van der Waals surface area contributed by atoms with Crippen LogP contribution in [0.4, 0.5) is 5.13 Å². The summed E-state index contributed by atoms with van der Waals surface area (Å²) in [5.41, 5.74) is 5.46. The molecule has 0 fully saturated rings. The summed E-state index contributed by atoms with van der Waals surface area (Å²) in [6.07, 6.45) is 0. The van der Waals surface area contributed by atoms with Crippen LogP contribution in [0.25, 0.3) is 43.5 Å². The minimum Gasteiger partial charge on any atom is -0.353 e. The zero-order valence-corrected chi connectivity index (χ0v) is 20.4. The molecule has 34 heavy (non-hydrogen) atoms. The quantitative estimate of drug-likeness (QED) is 0.271. The molecule has 7 nitrogen and oxygen atoms in total. The molecular weight excluding hydrogens is 466 g/mol. The van der Waals surface area contributed by atoms with E-state index in [-0.39, 0.29) is 11.5 Å². The number of amides is 1. The number of thiophene rings is 1. The number of nitrogens with one attached hydrogen (secondary N) is 3. The number of thiazole rings is 1. The maximum absolute atomic E-state index is 12.8. The van der Waals surface area contributed by atoms with E-state index in [1.54, 1.807) is 12.1 Å². The number of hydrogen-bond donors (Lipinski definition) is 3. The van der Waals surface area contributed by atoms with Gasteiger partial charge in [0.2, 0.25) is 0 Å². The number of fused-ring (bicyclic) bond motifs is 3. The minimum absolute atomic E-state index is 0.235. The molecule has 6 aromatic rings. The average molecular weight is 488 g/mol. The third-order valence-electron chi connectivity index (χ3n) is 5.24. The zero-order chi connectivity index (χ0) is 23.8. The van der Waals surface area contributed by atoms with Crippen LogP contribution < -0.4 is 10.9 Å². The van der Waals surface area contributed by atoms with Crippen molar-refractivity contribution in [1.29, 1.82) is 0 Å². The highest BCUT2D eigenvalue weighted by molar-refractivity contribution is 7.22. The van der Waals surface area contributed by atoms with E-state index in [0.717, 1.165) is 37.7 Å². The minimum atomic E-state index is -0.258. The van der Waals surface area contributed by atoms with Crippen LogP contribution in [-0.4, -0.2) is 25.8 Å². The topological polar surface area (TPSA) is 104 Å². The molecule has 0 aliphatic rings. The molecule has 0 saturated carbocycles. The summed E-state index contributed by atoms with van der Waals surface area (Å²) in [5.74, 6) is -0.235. The first-order chi connectivity index (χ1) is 16.5. The van der Waals surface area contributed by atoms with Crippen molar-refractivity contribution in [2.75, 3.05) is 5.32 Å². The molecule has 0 saturated heterocycles. The molecule has 9 heteroatoms. The molecule has 0 atom stereocenters. The number of nitrogens with zero attached hydrogens (tertiary/aromatic N) is 2. The summed E-state index contributed by atoms with van der Waals surface area (Å²) in [5, 5.41) is 8.02. The molecule has 0 unspecified atom stereocenters. The highest BCUT2D eigenvalue weighted by Gasteiger charge is 2.14. The molecule has 0 spiro atoms. The fraction of sp³-hybridized carbons (Fsp3) is 0.120. The fourth-order valence-electron chi connectivity index (χ4n) is 3.67. The van der Waals surface area contributed by atoms with E-state index in [0.29, 0.717) is 22.1 Å². The van der Waals surface area contributed by atoms with Crippen molar-refractivity contribution in [3.8, 4) is 11.4 Å². The zero-order valence-electron chi connectivity index (χ0n) is 18.7. The van der Waals surface area contributed by atoms with Crippen LogP contribution in [0.1, 0.15) is 29.8 Å². The molecule has 3 N–H and O–H groups in total. The van der Waals surface area contributed by atoms with Crippen molar-refractivity contribution < 1.29 is 4.79 Å². The summed E-state index contributed by atoms with van der Waals surface area (Å²) in [4.78, 5) is 40.4. The van der Waals surface area contributed by atoms with Crippen LogP contribution in [0.2, 0.25) is 0 Å². The molecular formula is C25H21N5O2S2. The summed E-state index contributed by atoms with van der Waals surface area (Å²) in [7, 11) is 0. The number of carbonyl (C=O) groups is 1. The van der Waals surface area contributed by atoms with E-state index < -0.39 is 0 Å². The Morgan fingerprint density at radius 2 is 1.79 bits per heavy atom. The lowest BCUT2D eigenvalue weighted by Crippen LogP contribution is -2.11. The second kappa shape index (κ2) is 8.85. The predicted molar refractivity (Wildman–Crippen MR) is 141 cm³/mol. The van der Waals surface area contributed by atoms with Gasteiger partial charge >= 0.3 is 0 Å². The second-order valence-corrected chi connectivity index (χ2v) is 9.29. The fourth-order valence-corrected chi connectivity index (χ4v) is 5.20. The lowest BCUT2D eigenvalue weighted by Gasteiger charge is -2.01. The third kappa shape index (κ3) is 4.00. The Morgan fingerprint density at radius 3 is 2.65 bits per heavy atom. The SMILES string of the molecule is CC.Cc1ccc2sc(NC(=O)c3ccc4[nH]c(-c5nc6cscc6[nH]c5=O)cc4c3)nc2c1. The number of carbonyl (C=O) groups excluding carboxylic acids is 1. The number of H-pyrrole nitrogens is 2. The maximum Gasteiger partial charge on any atom is 0.276 e. The largest absolute Gasteiger partial charge is 0.353 e. The van der Waals surface area contributed by atoms with Gasteiger partial charge in [0.15, 0.2) is 10.8 Å². The average Bonchev–Trinajstić information content (AvgIpc) is 3.56. The number of aromatic amines is 2. The number of rotatable bonds is 3. The number of aromatic nitrogens is 4. The Morgan fingerprint density at radius 1 is 0.941 bits per heavy atom. The second-order valence-electron chi connectivity index (χ2n) is 7.51. The van der Waals surface area contributed by atoms with E-state index in [1.165, 1.54) is 22.7 Å². The Hall–Kier alpha value is -3.82. The van der Waals surface area contributed by atoms with Gasteiger partial charge in [-0.1, -0.05) is 31.3 Å². The van der Waals surface area contributed by atoms with Gasteiger partial charge in [0.25, 0.3) is 11.5 Å². The number of benzene rings is 2. The summed E-state index contributed by atoms with van der Waals surface area (Å²) >= 11 is 2.93. The van der Waals surface area contributed by atoms with Crippen LogP contribution in [0.5, 0.6) is 0 Å². The molecule has 4 heterocycles. The third-order valence-corrected chi connectivity index (χ3v) is 6.92. The molecule has 2 aromatic carbocycles. The van der Waals surface area contributed by atoms with Gasteiger partial charge in [-0.25, -0.2) is 9.97 Å². The van der Waals surface area contributed by atoms with Crippen LogP contribution >= 0.6 is 22.7 Å². The van der Waals surface area contributed by atoms with Gasteiger partial charge in [-0.15, -0.1) is 11.3 Å². The van der Waals surface area contributed by atoms with Crippen molar-refractivity contribution in [2.45, 2.75) is 20.8 Å². The summed E-state index contributed by atoms with van der Waals surface area (Å²) < 4.78 is 1.02. The van der Waals surface area contributed by atoms with Crippen molar-refractivity contribution in [3.05, 3.63) is 74.7 Å². The van der Waals surface area contributed by atoms with Crippen LogP contribution in [-0.2, 0) is 0 Å². The van der Waals surface area contributed by atoms with Crippen molar-refractivity contribution >= 4 is 65.9 Å². The number of hydrogen-bond acceptors (Lipinski definition) is 6. The Bertz CT molecular complexity index is 1720. The van der Waals surface area contributed by atoms with Gasteiger partial charge in [-0.3, -0.25) is 14.9 Å². The number of anilines is 1. The monoisotopic (exact) mass is 487 g/mol. The number of aryl methyl sites for hydroxylation is 1. The van der Waals surface area contributed by atoms with Gasteiger partial charge in [0.05, 0.1) is 26.9 Å².